The number of amides is 1. The van der Waals surface area contributed by atoms with Gasteiger partial charge < -0.3 is 15.3 Å². The number of carboxylic acid groups (broad SMARTS) is 1. The van der Waals surface area contributed by atoms with Crippen molar-refractivity contribution < 1.29 is 14.7 Å². The van der Waals surface area contributed by atoms with Crippen molar-refractivity contribution in [1.82, 2.24) is 10.2 Å². The number of carbonyl (C=O) groups excluding carboxylic acids is 1. The van der Waals surface area contributed by atoms with E-state index in [4.69, 9.17) is 5.11 Å². The normalized spacial score (nSPS) is 24.8. The quantitative estimate of drug-likeness (QED) is 0.688. The minimum absolute atomic E-state index is 0.0319. The summed E-state index contributed by atoms with van der Waals surface area (Å²) in [6.07, 6.45) is 3.13. The molecule has 90 valence electrons. The van der Waals surface area contributed by atoms with E-state index in [1.165, 1.54) is 12.8 Å². The van der Waals surface area contributed by atoms with Crippen molar-refractivity contribution in [2.24, 2.45) is 11.8 Å². The molecule has 0 radical (unpaired) electrons. The van der Waals surface area contributed by atoms with Gasteiger partial charge in [0.05, 0.1) is 12.5 Å². The highest BCUT2D eigenvalue weighted by molar-refractivity contribution is 5.80. The number of aliphatic carboxylic acids is 1. The summed E-state index contributed by atoms with van der Waals surface area (Å²) in [5, 5.41) is 11.9. The van der Waals surface area contributed by atoms with Crippen LogP contribution in [-0.4, -0.2) is 48.1 Å². The smallest absolute Gasteiger partial charge is 0.308 e. The van der Waals surface area contributed by atoms with Crippen LogP contribution in [0.1, 0.15) is 19.3 Å². The summed E-state index contributed by atoms with van der Waals surface area (Å²) in [6.45, 7) is 2.23. The van der Waals surface area contributed by atoms with Crippen LogP contribution in [0, 0.1) is 11.8 Å². The molecule has 2 aliphatic rings. The average molecular weight is 226 g/mol. The molecule has 1 unspecified atom stereocenters. The van der Waals surface area contributed by atoms with Crippen molar-refractivity contribution in [3.63, 3.8) is 0 Å². The second-order valence-corrected chi connectivity index (χ2v) is 4.74. The molecule has 5 nitrogen and oxygen atoms in total. The fourth-order valence-corrected chi connectivity index (χ4v) is 2.01. The van der Waals surface area contributed by atoms with Crippen LogP contribution in [0.5, 0.6) is 0 Å². The maximum absolute atomic E-state index is 11.7. The Balaban J connectivity index is 1.66. The van der Waals surface area contributed by atoms with Crippen molar-refractivity contribution in [2.45, 2.75) is 19.3 Å². The summed E-state index contributed by atoms with van der Waals surface area (Å²) in [4.78, 5) is 24.1. The standard InChI is InChI=1S/C11H18N2O3/c14-10(6-12-5-8-1-2-8)13-4-3-9(7-13)11(15)16/h8-9,12H,1-7H2,(H,15,16). The van der Waals surface area contributed by atoms with Crippen molar-refractivity contribution in [3.8, 4) is 0 Å². The number of nitrogens with zero attached hydrogens (tertiary/aromatic N) is 1. The Morgan fingerprint density at radius 1 is 1.31 bits per heavy atom. The molecule has 1 amide bonds. The van der Waals surface area contributed by atoms with E-state index < -0.39 is 5.97 Å². The summed E-state index contributed by atoms with van der Waals surface area (Å²) < 4.78 is 0. The maximum Gasteiger partial charge on any atom is 0.308 e. The van der Waals surface area contributed by atoms with Crippen LogP contribution in [0.4, 0.5) is 0 Å². The molecule has 1 atom stereocenters. The van der Waals surface area contributed by atoms with Crippen LogP contribution in [0.15, 0.2) is 0 Å². The predicted molar refractivity (Wildman–Crippen MR) is 57.9 cm³/mol. The Morgan fingerprint density at radius 2 is 2.06 bits per heavy atom. The van der Waals surface area contributed by atoms with E-state index in [0.717, 1.165) is 12.5 Å². The third-order valence-electron chi connectivity index (χ3n) is 3.30. The van der Waals surface area contributed by atoms with E-state index in [9.17, 15) is 9.59 Å². The zero-order valence-electron chi connectivity index (χ0n) is 9.32. The van der Waals surface area contributed by atoms with Crippen LogP contribution < -0.4 is 5.32 Å². The van der Waals surface area contributed by atoms with Crippen LogP contribution in [-0.2, 0) is 9.59 Å². The van der Waals surface area contributed by atoms with E-state index in [1.54, 1.807) is 4.90 Å². The first-order chi connectivity index (χ1) is 7.66. The van der Waals surface area contributed by atoms with Crippen LogP contribution >= 0.6 is 0 Å². The lowest BCUT2D eigenvalue weighted by Gasteiger charge is -2.15. The Morgan fingerprint density at radius 3 is 2.62 bits per heavy atom. The fraction of sp³-hybridized carbons (Fsp3) is 0.818. The van der Waals surface area contributed by atoms with E-state index in [1.807, 2.05) is 0 Å². The van der Waals surface area contributed by atoms with Gasteiger partial charge in [0.25, 0.3) is 0 Å². The van der Waals surface area contributed by atoms with Gasteiger partial charge in [-0.15, -0.1) is 0 Å². The van der Waals surface area contributed by atoms with E-state index in [0.29, 0.717) is 26.1 Å². The molecule has 2 fully saturated rings. The molecule has 2 rings (SSSR count). The largest absolute Gasteiger partial charge is 0.481 e. The molecule has 1 aliphatic heterocycles. The summed E-state index contributed by atoms with van der Waals surface area (Å²) >= 11 is 0. The third kappa shape index (κ3) is 2.95. The van der Waals surface area contributed by atoms with Gasteiger partial charge in [-0.25, -0.2) is 0 Å². The second kappa shape index (κ2) is 4.82. The van der Waals surface area contributed by atoms with Crippen molar-refractivity contribution >= 4 is 11.9 Å². The highest BCUT2D eigenvalue weighted by atomic mass is 16.4. The van der Waals surface area contributed by atoms with Gasteiger partial charge in [-0.1, -0.05) is 0 Å². The highest BCUT2D eigenvalue weighted by Crippen LogP contribution is 2.27. The molecule has 1 heterocycles. The van der Waals surface area contributed by atoms with Crippen molar-refractivity contribution in [1.29, 1.82) is 0 Å². The molecular formula is C11H18N2O3. The Hall–Kier alpha value is -1.10. The molecule has 0 bridgehead atoms. The lowest BCUT2D eigenvalue weighted by molar-refractivity contribution is -0.141. The predicted octanol–water partition coefficient (Wildman–Crippen LogP) is -0.0809. The number of rotatable bonds is 5. The summed E-state index contributed by atoms with van der Waals surface area (Å²) in [7, 11) is 0. The van der Waals surface area contributed by atoms with Gasteiger partial charge >= 0.3 is 5.97 Å². The number of nitrogens with one attached hydrogen (secondary N) is 1. The van der Waals surface area contributed by atoms with Crippen molar-refractivity contribution in [2.75, 3.05) is 26.2 Å². The SMILES string of the molecule is O=C(O)C1CCN(C(=O)CNCC2CC2)C1. The Bertz CT molecular complexity index is 289. The first kappa shape index (κ1) is 11.4. The minimum atomic E-state index is -0.791. The van der Waals surface area contributed by atoms with E-state index in [2.05, 4.69) is 5.32 Å². The molecule has 2 N–H and O–H groups in total. The lowest BCUT2D eigenvalue weighted by atomic mass is 10.1. The molecule has 0 aromatic rings. The monoisotopic (exact) mass is 226 g/mol. The summed E-state index contributed by atoms with van der Waals surface area (Å²) in [6, 6.07) is 0. The number of carbonyl (C=O) groups is 2. The Labute approximate surface area is 94.8 Å². The third-order valence-corrected chi connectivity index (χ3v) is 3.30. The molecule has 1 saturated carbocycles. The minimum Gasteiger partial charge on any atom is -0.481 e. The first-order valence-electron chi connectivity index (χ1n) is 5.88. The summed E-state index contributed by atoms with van der Waals surface area (Å²) in [5.41, 5.74) is 0. The number of hydrogen-bond donors (Lipinski definition) is 2. The molecule has 0 spiro atoms. The van der Waals surface area contributed by atoms with Gasteiger partial charge in [0, 0.05) is 13.1 Å². The molecule has 1 aliphatic carbocycles. The van der Waals surface area contributed by atoms with Crippen LogP contribution in [0.25, 0.3) is 0 Å². The number of hydrogen-bond acceptors (Lipinski definition) is 3. The first-order valence-corrected chi connectivity index (χ1v) is 5.88. The molecule has 16 heavy (non-hydrogen) atoms. The molecule has 5 heteroatoms. The topological polar surface area (TPSA) is 69.6 Å². The lowest BCUT2D eigenvalue weighted by Crippen LogP contribution is -2.37. The molecule has 1 saturated heterocycles. The zero-order valence-corrected chi connectivity index (χ0v) is 9.32. The average Bonchev–Trinajstić information content (AvgIpc) is 2.93. The molecular weight excluding hydrogens is 208 g/mol. The van der Waals surface area contributed by atoms with Gasteiger partial charge in [0.15, 0.2) is 0 Å². The van der Waals surface area contributed by atoms with E-state index >= 15 is 0 Å². The molecule has 0 aromatic heterocycles. The van der Waals surface area contributed by atoms with Crippen LogP contribution in [0.3, 0.4) is 0 Å². The molecule has 0 aromatic carbocycles. The zero-order chi connectivity index (χ0) is 11.5. The Kier molecular flexibility index (Phi) is 3.43. The second-order valence-electron chi connectivity index (χ2n) is 4.74. The van der Waals surface area contributed by atoms with Gasteiger partial charge in [0.2, 0.25) is 5.91 Å². The van der Waals surface area contributed by atoms with Gasteiger partial charge in [-0.2, -0.15) is 0 Å². The van der Waals surface area contributed by atoms with Gasteiger partial charge in [-0.05, 0) is 31.7 Å². The van der Waals surface area contributed by atoms with Gasteiger partial charge in [-0.3, -0.25) is 9.59 Å². The van der Waals surface area contributed by atoms with Gasteiger partial charge in [0.1, 0.15) is 0 Å². The maximum atomic E-state index is 11.7. The fourth-order valence-electron chi connectivity index (χ4n) is 2.01. The number of likely N-dealkylation sites (tertiary alicyclic amines) is 1. The van der Waals surface area contributed by atoms with Crippen molar-refractivity contribution in [3.05, 3.63) is 0 Å². The van der Waals surface area contributed by atoms with E-state index in [-0.39, 0.29) is 11.8 Å². The van der Waals surface area contributed by atoms with Crippen LogP contribution in [0.2, 0.25) is 0 Å². The number of carboxylic acids is 1. The highest BCUT2D eigenvalue weighted by Gasteiger charge is 2.30. The summed E-state index contributed by atoms with van der Waals surface area (Å²) in [5.74, 6) is -0.365.